The first kappa shape index (κ1) is 14.8. The van der Waals surface area contributed by atoms with Gasteiger partial charge in [-0.3, -0.25) is 0 Å². The van der Waals surface area contributed by atoms with Gasteiger partial charge in [0.05, 0.1) is 23.8 Å². The molecule has 5 heteroatoms. The summed E-state index contributed by atoms with van der Waals surface area (Å²) in [6, 6.07) is 11.9. The second-order valence-electron chi connectivity index (χ2n) is 5.33. The summed E-state index contributed by atoms with van der Waals surface area (Å²) in [6.07, 6.45) is 2.10. The Balaban J connectivity index is 1.55. The van der Waals surface area contributed by atoms with Crippen molar-refractivity contribution in [2.24, 2.45) is 0 Å². The van der Waals surface area contributed by atoms with Crippen molar-refractivity contribution in [3.05, 3.63) is 35.9 Å². The Bertz CT molecular complexity index is 675. The van der Waals surface area contributed by atoms with E-state index < -0.39 is 0 Å². The van der Waals surface area contributed by atoms with Crippen LogP contribution in [0.4, 0.5) is 5.82 Å². The molecular formula is C17H19N3O2. The zero-order valence-corrected chi connectivity index (χ0v) is 12.4. The lowest BCUT2D eigenvalue weighted by atomic mass is 10.1. The first-order valence-corrected chi connectivity index (χ1v) is 7.60. The van der Waals surface area contributed by atoms with Crippen LogP contribution in [0.5, 0.6) is 0 Å². The molecule has 0 bridgehead atoms. The molecule has 114 valence electrons. The Morgan fingerprint density at radius 2 is 2.32 bits per heavy atom. The summed E-state index contributed by atoms with van der Waals surface area (Å²) in [5.41, 5.74) is 1.46. The smallest absolute Gasteiger partial charge is 0.144 e. The van der Waals surface area contributed by atoms with Crippen LogP contribution in [0.15, 0.2) is 30.3 Å². The van der Waals surface area contributed by atoms with Crippen LogP contribution >= 0.6 is 0 Å². The number of fused-ring (bicyclic) bond motifs is 1. The van der Waals surface area contributed by atoms with E-state index in [9.17, 15) is 5.26 Å². The average Bonchev–Trinajstić information content (AvgIpc) is 3.07. The summed E-state index contributed by atoms with van der Waals surface area (Å²) in [6.45, 7) is 2.93. The molecular weight excluding hydrogens is 278 g/mol. The van der Waals surface area contributed by atoms with Crippen LogP contribution < -0.4 is 5.32 Å². The summed E-state index contributed by atoms with van der Waals surface area (Å²) in [5.74, 6) is 0.644. The van der Waals surface area contributed by atoms with Crippen LogP contribution in [0.2, 0.25) is 0 Å². The van der Waals surface area contributed by atoms with Gasteiger partial charge in [-0.1, -0.05) is 18.2 Å². The van der Waals surface area contributed by atoms with Gasteiger partial charge in [0.15, 0.2) is 0 Å². The lowest BCUT2D eigenvalue weighted by Crippen LogP contribution is -2.15. The molecule has 2 aromatic rings. The Morgan fingerprint density at radius 3 is 3.14 bits per heavy atom. The number of ether oxygens (including phenoxy) is 2. The van der Waals surface area contributed by atoms with E-state index in [0.717, 1.165) is 36.9 Å². The van der Waals surface area contributed by atoms with E-state index >= 15 is 0 Å². The third-order valence-corrected chi connectivity index (χ3v) is 3.70. The van der Waals surface area contributed by atoms with Crippen molar-refractivity contribution in [3.63, 3.8) is 0 Å². The molecule has 1 saturated heterocycles. The SMILES string of the molecule is N#Cc1cc2ccccc2nc1NCCCO[C@@H]1CCOC1. The first-order valence-electron chi connectivity index (χ1n) is 7.60. The summed E-state index contributed by atoms with van der Waals surface area (Å²) < 4.78 is 11.0. The van der Waals surface area contributed by atoms with Crippen molar-refractivity contribution in [2.45, 2.75) is 18.9 Å². The fourth-order valence-corrected chi connectivity index (χ4v) is 2.51. The molecule has 1 aliphatic rings. The first-order chi connectivity index (χ1) is 10.9. The Kier molecular flexibility index (Phi) is 4.84. The van der Waals surface area contributed by atoms with Gasteiger partial charge in [-0.2, -0.15) is 5.26 Å². The van der Waals surface area contributed by atoms with Gasteiger partial charge in [0.1, 0.15) is 11.9 Å². The molecule has 0 aliphatic carbocycles. The molecule has 22 heavy (non-hydrogen) atoms. The predicted molar refractivity (Wildman–Crippen MR) is 84.7 cm³/mol. The maximum atomic E-state index is 9.26. The lowest BCUT2D eigenvalue weighted by Gasteiger charge is -2.11. The molecule has 1 aliphatic heterocycles. The van der Waals surface area contributed by atoms with E-state index in [2.05, 4.69) is 16.4 Å². The fraction of sp³-hybridized carbons (Fsp3) is 0.412. The van der Waals surface area contributed by atoms with Crippen molar-refractivity contribution in [2.75, 3.05) is 31.7 Å². The zero-order chi connectivity index (χ0) is 15.2. The maximum absolute atomic E-state index is 9.26. The number of nitriles is 1. The number of para-hydroxylation sites is 1. The van der Waals surface area contributed by atoms with Crippen molar-refractivity contribution >= 4 is 16.7 Å². The number of pyridine rings is 1. The summed E-state index contributed by atoms with van der Waals surface area (Å²) in [5, 5.41) is 13.5. The third kappa shape index (κ3) is 3.53. The molecule has 2 heterocycles. The van der Waals surface area contributed by atoms with Gasteiger partial charge in [0.2, 0.25) is 0 Å². The Morgan fingerprint density at radius 1 is 1.41 bits per heavy atom. The number of nitrogens with one attached hydrogen (secondary N) is 1. The molecule has 1 atom stereocenters. The highest BCUT2D eigenvalue weighted by molar-refractivity contribution is 5.82. The fourth-order valence-electron chi connectivity index (χ4n) is 2.51. The highest BCUT2D eigenvalue weighted by atomic mass is 16.5. The highest BCUT2D eigenvalue weighted by Crippen LogP contribution is 2.19. The van der Waals surface area contributed by atoms with Crippen LogP contribution in [0.25, 0.3) is 10.9 Å². The topological polar surface area (TPSA) is 67.2 Å². The molecule has 5 nitrogen and oxygen atoms in total. The number of nitrogens with zero attached hydrogens (tertiary/aromatic N) is 2. The van der Waals surface area contributed by atoms with Gasteiger partial charge in [-0.25, -0.2) is 4.98 Å². The molecule has 1 fully saturated rings. The summed E-state index contributed by atoms with van der Waals surface area (Å²) in [4.78, 5) is 4.53. The predicted octanol–water partition coefficient (Wildman–Crippen LogP) is 2.71. The molecule has 1 aromatic heterocycles. The lowest BCUT2D eigenvalue weighted by molar-refractivity contribution is 0.0427. The van der Waals surface area contributed by atoms with E-state index in [4.69, 9.17) is 9.47 Å². The van der Waals surface area contributed by atoms with Crippen LogP contribution in [-0.2, 0) is 9.47 Å². The van der Waals surface area contributed by atoms with Crippen molar-refractivity contribution in [1.82, 2.24) is 4.98 Å². The molecule has 0 spiro atoms. The minimum atomic E-state index is 0.244. The van der Waals surface area contributed by atoms with E-state index in [0.29, 0.717) is 24.6 Å². The number of anilines is 1. The summed E-state index contributed by atoms with van der Waals surface area (Å²) in [7, 11) is 0. The van der Waals surface area contributed by atoms with Crippen LogP contribution in [0, 0.1) is 11.3 Å². The quantitative estimate of drug-likeness (QED) is 0.830. The van der Waals surface area contributed by atoms with E-state index in [-0.39, 0.29) is 6.10 Å². The maximum Gasteiger partial charge on any atom is 0.144 e. The highest BCUT2D eigenvalue weighted by Gasteiger charge is 2.15. The monoisotopic (exact) mass is 297 g/mol. The number of aromatic nitrogens is 1. The molecule has 3 rings (SSSR count). The largest absolute Gasteiger partial charge is 0.379 e. The van der Waals surface area contributed by atoms with Gasteiger partial charge in [-0.05, 0) is 25.0 Å². The minimum absolute atomic E-state index is 0.244. The number of hydrogen-bond acceptors (Lipinski definition) is 5. The van der Waals surface area contributed by atoms with Gasteiger partial charge >= 0.3 is 0 Å². The standard InChI is InChI=1S/C17H19N3O2/c18-11-14-10-13-4-1-2-5-16(13)20-17(14)19-7-3-8-22-15-6-9-21-12-15/h1-2,4-5,10,15H,3,6-9,12H2,(H,19,20)/t15-/m1/s1. The zero-order valence-electron chi connectivity index (χ0n) is 12.4. The summed E-state index contributed by atoms with van der Waals surface area (Å²) >= 11 is 0. The van der Waals surface area contributed by atoms with Crippen LogP contribution in [0.3, 0.4) is 0 Å². The molecule has 0 saturated carbocycles. The van der Waals surface area contributed by atoms with Crippen LogP contribution in [-0.4, -0.2) is 37.5 Å². The third-order valence-electron chi connectivity index (χ3n) is 3.70. The van der Waals surface area contributed by atoms with E-state index in [1.54, 1.807) is 0 Å². The second-order valence-corrected chi connectivity index (χ2v) is 5.33. The average molecular weight is 297 g/mol. The molecule has 1 N–H and O–H groups in total. The van der Waals surface area contributed by atoms with Crippen molar-refractivity contribution < 1.29 is 9.47 Å². The number of hydrogen-bond donors (Lipinski definition) is 1. The van der Waals surface area contributed by atoms with Gasteiger partial charge in [0, 0.05) is 25.1 Å². The van der Waals surface area contributed by atoms with E-state index in [1.165, 1.54) is 0 Å². The Hall–Kier alpha value is -2.16. The van der Waals surface area contributed by atoms with Crippen molar-refractivity contribution in [1.29, 1.82) is 5.26 Å². The Labute approximate surface area is 129 Å². The molecule has 0 amide bonds. The number of benzene rings is 1. The van der Waals surface area contributed by atoms with Gasteiger partial charge < -0.3 is 14.8 Å². The van der Waals surface area contributed by atoms with Crippen LogP contribution in [0.1, 0.15) is 18.4 Å². The normalized spacial score (nSPS) is 17.5. The molecule has 0 radical (unpaired) electrons. The van der Waals surface area contributed by atoms with E-state index in [1.807, 2.05) is 30.3 Å². The van der Waals surface area contributed by atoms with Crippen molar-refractivity contribution in [3.8, 4) is 6.07 Å². The molecule has 1 aromatic carbocycles. The second kappa shape index (κ2) is 7.21. The van der Waals surface area contributed by atoms with Gasteiger partial charge in [0.25, 0.3) is 0 Å². The molecule has 0 unspecified atom stereocenters. The minimum Gasteiger partial charge on any atom is -0.379 e. The van der Waals surface area contributed by atoms with Gasteiger partial charge in [-0.15, -0.1) is 0 Å². The number of rotatable bonds is 6.